The van der Waals surface area contributed by atoms with Crippen LogP contribution in [0.1, 0.15) is 44.1 Å². The van der Waals surface area contributed by atoms with Crippen LogP contribution in [-0.4, -0.2) is 21.8 Å². The zero-order chi connectivity index (χ0) is 11.7. The standard InChI is InChI=1S/C15H21NO/c17-15-10-4-8-14(9-5-11-15)16(15)12-13-6-2-1-3-7-13/h1-3,6-7,14,17H,4-5,8-12H2/t14-,15-. The van der Waals surface area contributed by atoms with Crippen molar-refractivity contribution < 1.29 is 5.11 Å². The van der Waals surface area contributed by atoms with Gasteiger partial charge in [-0.1, -0.05) is 30.3 Å². The van der Waals surface area contributed by atoms with Gasteiger partial charge in [0.25, 0.3) is 0 Å². The number of benzene rings is 1. The summed E-state index contributed by atoms with van der Waals surface area (Å²) in [5, 5.41) is 10.7. The molecule has 0 radical (unpaired) electrons. The smallest absolute Gasteiger partial charge is 0.119 e. The minimum atomic E-state index is -0.517. The summed E-state index contributed by atoms with van der Waals surface area (Å²) in [5.74, 6) is 0. The molecule has 2 bridgehead atoms. The van der Waals surface area contributed by atoms with Gasteiger partial charge in [0.1, 0.15) is 5.72 Å². The highest BCUT2D eigenvalue weighted by Gasteiger charge is 2.44. The molecule has 2 heterocycles. The van der Waals surface area contributed by atoms with Gasteiger partial charge in [0.15, 0.2) is 0 Å². The minimum Gasteiger partial charge on any atom is -0.376 e. The van der Waals surface area contributed by atoms with Crippen molar-refractivity contribution in [3.63, 3.8) is 0 Å². The zero-order valence-corrected chi connectivity index (χ0v) is 10.3. The van der Waals surface area contributed by atoms with Gasteiger partial charge >= 0.3 is 0 Å². The maximum Gasteiger partial charge on any atom is 0.119 e. The number of nitrogens with zero attached hydrogens (tertiary/aromatic N) is 1. The second-order valence-corrected chi connectivity index (χ2v) is 5.53. The Kier molecular flexibility index (Phi) is 2.93. The van der Waals surface area contributed by atoms with Crippen molar-refractivity contribution >= 4 is 0 Å². The first kappa shape index (κ1) is 11.2. The molecule has 1 aromatic carbocycles. The van der Waals surface area contributed by atoms with E-state index in [1.54, 1.807) is 0 Å². The topological polar surface area (TPSA) is 23.5 Å². The lowest BCUT2D eigenvalue weighted by Gasteiger charge is -2.52. The fraction of sp³-hybridized carbons (Fsp3) is 0.600. The molecular weight excluding hydrogens is 210 g/mol. The molecule has 17 heavy (non-hydrogen) atoms. The number of piperidine rings is 2. The van der Waals surface area contributed by atoms with Gasteiger partial charge in [0.05, 0.1) is 0 Å². The molecule has 0 saturated carbocycles. The first-order valence-electron chi connectivity index (χ1n) is 6.81. The van der Waals surface area contributed by atoms with E-state index in [0.29, 0.717) is 6.04 Å². The number of hydrogen-bond acceptors (Lipinski definition) is 2. The van der Waals surface area contributed by atoms with E-state index in [0.717, 1.165) is 19.4 Å². The first-order chi connectivity index (χ1) is 8.28. The van der Waals surface area contributed by atoms with Crippen LogP contribution < -0.4 is 0 Å². The summed E-state index contributed by atoms with van der Waals surface area (Å²) in [6, 6.07) is 11.1. The molecular formula is C15H21NO. The Hall–Kier alpha value is -0.860. The molecule has 92 valence electrons. The lowest BCUT2D eigenvalue weighted by Crippen LogP contribution is -2.58. The summed E-state index contributed by atoms with van der Waals surface area (Å²) in [6.45, 7) is 0.905. The third-order valence-corrected chi connectivity index (χ3v) is 4.40. The van der Waals surface area contributed by atoms with Gasteiger partial charge in [0.2, 0.25) is 0 Å². The highest BCUT2D eigenvalue weighted by Crippen LogP contribution is 2.41. The highest BCUT2D eigenvalue weighted by atomic mass is 16.3. The number of aliphatic hydroxyl groups is 1. The monoisotopic (exact) mass is 231 g/mol. The van der Waals surface area contributed by atoms with Gasteiger partial charge in [-0.3, -0.25) is 4.90 Å². The van der Waals surface area contributed by atoms with E-state index in [4.69, 9.17) is 0 Å². The SMILES string of the molecule is O[C@]12CCC[C@H](CCC1)N2Cc1ccccc1. The van der Waals surface area contributed by atoms with E-state index in [1.807, 2.05) is 0 Å². The molecule has 1 aromatic rings. The van der Waals surface area contributed by atoms with Gasteiger partial charge in [-0.15, -0.1) is 0 Å². The molecule has 2 aliphatic heterocycles. The Morgan fingerprint density at radius 1 is 1.12 bits per heavy atom. The summed E-state index contributed by atoms with van der Waals surface area (Å²) >= 11 is 0. The molecule has 1 N–H and O–H groups in total. The molecule has 2 aliphatic rings. The molecule has 0 unspecified atom stereocenters. The lowest BCUT2D eigenvalue weighted by atomic mass is 9.81. The predicted octanol–water partition coefficient (Wildman–Crippen LogP) is 2.91. The van der Waals surface area contributed by atoms with Crippen LogP contribution in [0.5, 0.6) is 0 Å². The third-order valence-electron chi connectivity index (χ3n) is 4.40. The van der Waals surface area contributed by atoms with E-state index in [-0.39, 0.29) is 0 Å². The second kappa shape index (κ2) is 4.43. The van der Waals surface area contributed by atoms with Crippen molar-refractivity contribution in [3.05, 3.63) is 35.9 Å². The fourth-order valence-electron chi connectivity index (χ4n) is 3.51. The van der Waals surface area contributed by atoms with Gasteiger partial charge in [0, 0.05) is 12.6 Å². The van der Waals surface area contributed by atoms with Crippen LogP contribution in [0.15, 0.2) is 30.3 Å². The van der Waals surface area contributed by atoms with E-state index in [1.165, 1.54) is 31.2 Å². The summed E-state index contributed by atoms with van der Waals surface area (Å²) in [5.41, 5.74) is 0.802. The molecule has 2 fully saturated rings. The molecule has 2 nitrogen and oxygen atoms in total. The van der Waals surface area contributed by atoms with E-state index in [2.05, 4.69) is 35.2 Å². The van der Waals surface area contributed by atoms with Crippen LogP contribution in [0.4, 0.5) is 0 Å². The van der Waals surface area contributed by atoms with Gasteiger partial charge in [-0.2, -0.15) is 0 Å². The molecule has 2 saturated heterocycles. The molecule has 3 rings (SSSR count). The average Bonchev–Trinajstić information content (AvgIpc) is 2.32. The van der Waals surface area contributed by atoms with Crippen LogP contribution in [0.3, 0.4) is 0 Å². The zero-order valence-electron chi connectivity index (χ0n) is 10.3. The van der Waals surface area contributed by atoms with E-state index >= 15 is 0 Å². The van der Waals surface area contributed by atoms with Crippen LogP contribution in [-0.2, 0) is 6.54 Å². The average molecular weight is 231 g/mol. The molecule has 0 atom stereocenters. The molecule has 0 aliphatic carbocycles. The lowest BCUT2D eigenvalue weighted by molar-refractivity contribution is -0.184. The van der Waals surface area contributed by atoms with Crippen molar-refractivity contribution in [3.8, 4) is 0 Å². The predicted molar refractivity (Wildman–Crippen MR) is 68.4 cm³/mol. The van der Waals surface area contributed by atoms with Crippen molar-refractivity contribution in [2.45, 2.75) is 56.8 Å². The van der Waals surface area contributed by atoms with Gasteiger partial charge in [-0.25, -0.2) is 0 Å². The largest absolute Gasteiger partial charge is 0.376 e. The third kappa shape index (κ3) is 2.12. The van der Waals surface area contributed by atoms with Crippen LogP contribution >= 0.6 is 0 Å². The summed E-state index contributed by atoms with van der Waals surface area (Å²) in [7, 11) is 0. The van der Waals surface area contributed by atoms with Crippen LogP contribution in [0, 0.1) is 0 Å². The second-order valence-electron chi connectivity index (χ2n) is 5.53. The highest BCUT2D eigenvalue weighted by molar-refractivity contribution is 5.15. The van der Waals surface area contributed by atoms with Crippen LogP contribution in [0.25, 0.3) is 0 Å². The Labute approximate surface area is 103 Å². The normalized spacial score (nSPS) is 33.6. The number of rotatable bonds is 2. The van der Waals surface area contributed by atoms with Crippen molar-refractivity contribution in [2.24, 2.45) is 0 Å². The van der Waals surface area contributed by atoms with Crippen molar-refractivity contribution in [2.75, 3.05) is 0 Å². The Balaban J connectivity index is 1.81. The fourth-order valence-corrected chi connectivity index (χ4v) is 3.51. The van der Waals surface area contributed by atoms with E-state index < -0.39 is 5.72 Å². The summed E-state index contributed by atoms with van der Waals surface area (Å²) in [6.07, 6.45) is 6.80. The van der Waals surface area contributed by atoms with Crippen molar-refractivity contribution in [1.29, 1.82) is 0 Å². The van der Waals surface area contributed by atoms with Crippen molar-refractivity contribution in [1.82, 2.24) is 4.90 Å². The Morgan fingerprint density at radius 2 is 1.76 bits per heavy atom. The molecule has 0 amide bonds. The maximum absolute atomic E-state index is 10.7. The van der Waals surface area contributed by atoms with Gasteiger partial charge < -0.3 is 5.11 Å². The molecule has 0 aromatic heterocycles. The van der Waals surface area contributed by atoms with Crippen LogP contribution in [0.2, 0.25) is 0 Å². The summed E-state index contributed by atoms with van der Waals surface area (Å²) < 4.78 is 0. The first-order valence-corrected chi connectivity index (χ1v) is 6.81. The molecule has 0 spiro atoms. The minimum absolute atomic E-state index is 0.517. The molecule has 2 heteroatoms. The number of hydrogen-bond donors (Lipinski definition) is 1. The number of fused-ring (bicyclic) bond motifs is 2. The maximum atomic E-state index is 10.7. The Bertz CT molecular complexity index is 366. The van der Waals surface area contributed by atoms with Gasteiger partial charge in [-0.05, 0) is 44.1 Å². The Morgan fingerprint density at radius 3 is 2.35 bits per heavy atom. The summed E-state index contributed by atoms with van der Waals surface area (Å²) in [4.78, 5) is 2.36. The van der Waals surface area contributed by atoms with E-state index in [9.17, 15) is 5.11 Å². The quantitative estimate of drug-likeness (QED) is 0.846.